The SMILES string of the molecule is Cc1csc(C(C)NCc2ccc(Cl)c3cccnc23)n1. The second-order valence-corrected chi connectivity index (χ2v) is 6.33. The lowest BCUT2D eigenvalue weighted by Gasteiger charge is -2.13. The number of hydrogen-bond donors (Lipinski definition) is 1. The van der Waals surface area contributed by atoms with E-state index in [2.05, 4.69) is 27.6 Å². The zero-order valence-electron chi connectivity index (χ0n) is 11.9. The number of aryl methyl sites for hydroxylation is 1. The van der Waals surface area contributed by atoms with Crippen molar-refractivity contribution in [3.8, 4) is 0 Å². The van der Waals surface area contributed by atoms with Gasteiger partial charge in [0.1, 0.15) is 5.01 Å². The Bertz CT molecular complexity index is 769. The van der Waals surface area contributed by atoms with Crippen molar-refractivity contribution in [2.45, 2.75) is 26.4 Å². The van der Waals surface area contributed by atoms with Crippen LogP contribution in [0.1, 0.15) is 29.2 Å². The Morgan fingerprint density at radius 3 is 2.95 bits per heavy atom. The number of thiazole rings is 1. The maximum atomic E-state index is 6.22. The van der Waals surface area contributed by atoms with Crippen LogP contribution in [0.15, 0.2) is 35.8 Å². The van der Waals surface area contributed by atoms with Crippen molar-refractivity contribution in [2.24, 2.45) is 0 Å². The molecule has 0 fully saturated rings. The Kier molecular flexibility index (Phi) is 4.19. The lowest BCUT2D eigenvalue weighted by molar-refractivity contribution is 0.572. The summed E-state index contributed by atoms with van der Waals surface area (Å²) < 4.78 is 0. The highest BCUT2D eigenvalue weighted by Gasteiger charge is 2.11. The second kappa shape index (κ2) is 6.10. The van der Waals surface area contributed by atoms with Crippen LogP contribution in [-0.2, 0) is 6.54 Å². The van der Waals surface area contributed by atoms with Crippen LogP contribution in [-0.4, -0.2) is 9.97 Å². The fraction of sp³-hybridized carbons (Fsp3) is 0.250. The molecule has 1 unspecified atom stereocenters. The number of rotatable bonds is 4. The minimum Gasteiger partial charge on any atom is -0.304 e. The molecule has 0 saturated heterocycles. The molecule has 0 amide bonds. The first-order chi connectivity index (χ1) is 10.1. The van der Waals surface area contributed by atoms with Crippen molar-refractivity contribution >= 4 is 33.8 Å². The summed E-state index contributed by atoms with van der Waals surface area (Å²) in [5, 5.41) is 8.43. The standard InChI is InChI=1S/C16H16ClN3S/c1-10-9-21-16(20-10)11(2)19-8-12-5-6-14(17)13-4-3-7-18-15(12)13/h3-7,9,11,19H,8H2,1-2H3. The Balaban J connectivity index is 1.81. The van der Waals surface area contributed by atoms with E-state index < -0.39 is 0 Å². The normalized spacial score (nSPS) is 12.7. The number of pyridine rings is 1. The zero-order chi connectivity index (χ0) is 14.8. The third-order valence-corrected chi connectivity index (χ3v) is 4.88. The lowest BCUT2D eigenvalue weighted by atomic mass is 10.1. The molecule has 0 aliphatic heterocycles. The van der Waals surface area contributed by atoms with Gasteiger partial charge in [0.2, 0.25) is 0 Å². The Morgan fingerprint density at radius 1 is 1.33 bits per heavy atom. The molecular weight excluding hydrogens is 302 g/mol. The van der Waals surface area contributed by atoms with Gasteiger partial charge in [0.25, 0.3) is 0 Å². The smallest absolute Gasteiger partial charge is 0.110 e. The van der Waals surface area contributed by atoms with Gasteiger partial charge < -0.3 is 5.32 Å². The molecule has 3 aromatic rings. The van der Waals surface area contributed by atoms with Crippen LogP contribution in [0.4, 0.5) is 0 Å². The molecule has 0 aliphatic carbocycles. The average Bonchev–Trinajstić information content (AvgIpc) is 2.93. The van der Waals surface area contributed by atoms with E-state index in [1.54, 1.807) is 17.5 Å². The van der Waals surface area contributed by atoms with Crippen LogP contribution in [0.25, 0.3) is 10.9 Å². The molecule has 0 aliphatic rings. The molecule has 0 bridgehead atoms. The molecule has 0 saturated carbocycles. The lowest BCUT2D eigenvalue weighted by Crippen LogP contribution is -2.18. The summed E-state index contributed by atoms with van der Waals surface area (Å²) in [7, 11) is 0. The molecule has 21 heavy (non-hydrogen) atoms. The van der Waals surface area contributed by atoms with Gasteiger partial charge in [0.15, 0.2) is 0 Å². The third-order valence-electron chi connectivity index (χ3n) is 3.41. The van der Waals surface area contributed by atoms with E-state index >= 15 is 0 Å². The number of halogens is 1. The third kappa shape index (κ3) is 3.07. The van der Waals surface area contributed by atoms with Crippen molar-refractivity contribution in [3.05, 3.63) is 57.1 Å². The Labute approximate surface area is 133 Å². The summed E-state index contributed by atoms with van der Waals surface area (Å²) in [6.07, 6.45) is 1.80. The summed E-state index contributed by atoms with van der Waals surface area (Å²) >= 11 is 7.91. The van der Waals surface area contributed by atoms with Gasteiger partial charge in [-0.1, -0.05) is 17.7 Å². The zero-order valence-corrected chi connectivity index (χ0v) is 13.5. The molecule has 108 valence electrons. The number of nitrogens with zero attached hydrogens (tertiary/aromatic N) is 2. The van der Waals surface area contributed by atoms with E-state index in [-0.39, 0.29) is 6.04 Å². The molecule has 0 radical (unpaired) electrons. The number of benzene rings is 1. The van der Waals surface area contributed by atoms with Crippen LogP contribution in [0.3, 0.4) is 0 Å². The summed E-state index contributed by atoms with van der Waals surface area (Å²) in [4.78, 5) is 8.98. The molecule has 2 heterocycles. The summed E-state index contributed by atoms with van der Waals surface area (Å²) in [6.45, 7) is 4.89. The predicted molar refractivity (Wildman–Crippen MR) is 88.9 cm³/mol. The first-order valence-corrected chi connectivity index (χ1v) is 8.08. The topological polar surface area (TPSA) is 37.8 Å². The molecule has 1 aromatic carbocycles. The van der Waals surface area contributed by atoms with E-state index in [0.717, 1.165) is 38.7 Å². The van der Waals surface area contributed by atoms with Gasteiger partial charge in [-0.3, -0.25) is 4.98 Å². The minimum absolute atomic E-state index is 0.221. The molecule has 3 nitrogen and oxygen atoms in total. The monoisotopic (exact) mass is 317 g/mol. The van der Waals surface area contributed by atoms with Crippen molar-refractivity contribution in [3.63, 3.8) is 0 Å². The van der Waals surface area contributed by atoms with Crippen LogP contribution in [0, 0.1) is 6.92 Å². The van der Waals surface area contributed by atoms with Crippen molar-refractivity contribution < 1.29 is 0 Å². The van der Waals surface area contributed by atoms with E-state index in [9.17, 15) is 0 Å². The molecule has 1 atom stereocenters. The predicted octanol–water partition coefficient (Wildman–Crippen LogP) is 4.50. The molecule has 2 aromatic heterocycles. The second-order valence-electron chi connectivity index (χ2n) is 5.04. The fourth-order valence-electron chi connectivity index (χ4n) is 2.26. The van der Waals surface area contributed by atoms with Crippen molar-refractivity contribution in [1.29, 1.82) is 0 Å². The summed E-state index contributed by atoms with van der Waals surface area (Å²) in [5.74, 6) is 0. The maximum absolute atomic E-state index is 6.22. The Morgan fingerprint density at radius 2 is 2.19 bits per heavy atom. The highest BCUT2D eigenvalue weighted by Crippen LogP contribution is 2.25. The van der Waals surface area contributed by atoms with Crippen LogP contribution >= 0.6 is 22.9 Å². The van der Waals surface area contributed by atoms with E-state index in [4.69, 9.17) is 11.6 Å². The van der Waals surface area contributed by atoms with Crippen LogP contribution < -0.4 is 5.32 Å². The number of aromatic nitrogens is 2. The van der Waals surface area contributed by atoms with E-state index in [0.29, 0.717) is 0 Å². The fourth-order valence-corrected chi connectivity index (χ4v) is 3.30. The number of nitrogens with one attached hydrogen (secondary N) is 1. The van der Waals surface area contributed by atoms with Gasteiger partial charge in [-0.2, -0.15) is 0 Å². The van der Waals surface area contributed by atoms with Crippen LogP contribution in [0.5, 0.6) is 0 Å². The molecule has 3 rings (SSSR count). The summed E-state index contributed by atoms with van der Waals surface area (Å²) in [6, 6.07) is 8.09. The van der Waals surface area contributed by atoms with Crippen molar-refractivity contribution in [2.75, 3.05) is 0 Å². The maximum Gasteiger partial charge on any atom is 0.110 e. The van der Waals surface area contributed by atoms with Gasteiger partial charge >= 0.3 is 0 Å². The molecule has 1 N–H and O–H groups in total. The van der Waals surface area contributed by atoms with Gasteiger partial charge in [0.05, 0.1) is 11.6 Å². The van der Waals surface area contributed by atoms with Crippen LogP contribution in [0.2, 0.25) is 5.02 Å². The van der Waals surface area contributed by atoms with Gasteiger partial charge in [-0.05, 0) is 37.6 Å². The number of fused-ring (bicyclic) bond motifs is 1. The van der Waals surface area contributed by atoms with Gasteiger partial charge in [-0.15, -0.1) is 11.3 Å². The summed E-state index contributed by atoms with van der Waals surface area (Å²) in [5.41, 5.74) is 3.18. The quantitative estimate of drug-likeness (QED) is 0.769. The molecular formula is C16H16ClN3S. The number of hydrogen-bond acceptors (Lipinski definition) is 4. The highest BCUT2D eigenvalue weighted by molar-refractivity contribution is 7.09. The highest BCUT2D eigenvalue weighted by atomic mass is 35.5. The first-order valence-electron chi connectivity index (χ1n) is 6.82. The van der Waals surface area contributed by atoms with E-state index in [1.807, 2.05) is 31.2 Å². The van der Waals surface area contributed by atoms with Gasteiger partial charge in [0, 0.05) is 34.2 Å². The Hall–Kier alpha value is -1.49. The largest absolute Gasteiger partial charge is 0.304 e. The minimum atomic E-state index is 0.221. The molecule has 0 spiro atoms. The molecule has 5 heteroatoms. The first kappa shape index (κ1) is 14.4. The van der Waals surface area contributed by atoms with Crippen molar-refractivity contribution in [1.82, 2.24) is 15.3 Å². The van der Waals surface area contributed by atoms with E-state index in [1.165, 1.54) is 0 Å². The van der Waals surface area contributed by atoms with Gasteiger partial charge in [-0.25, -0.2) is 4.98 Å². The average molecular weight is 318 g/mol.